The molecule has 0 amide bonds. The molecule has 0 aromatic carbocycles. The minimum absolute atomic E-state index is 0.135. The van der Waals surface area contributed by atoms with Gasteiger partial charge in [-0.25, -0.2) is 13.8 Å². The molecule has 2 rings (SSSR count). The SMILES string of the molecule is CN1CCC(Nc2nc(N)c(C(=O)C/C(F)=C\C/C=C\CF)s2)CC1. The number of piperidine rings is 1. The molecule has 0 spiro atoms. The number of nitrogens with zero attached hydrogens (tertiary/aromatic N) is 2. The van der Waals surface area contributed by atoms with Crippen LogP contribution in [-0.4, -0.2) is 48.5 Å². The molecule has 1 aliphatic heterocycles. The number of thiazole rings is 1. The number of ketones is 1. The molecule has 5 nitrogen and oxygen atoms in total. The number of alkyl halides is 1. The van der Waals surface area contributed by atoms with Crippen molar-refractivity contribution in [3.05, 3.63) is 28.9 Å². The number of nitrogens with one attached hydrogen (secondary N) is 1. The summed E-state index contributed by atoms with van der Waals surface area (Å²) in [6.07, 6.45) is 5.97. The van der Waals surface area contributed by atoms with Crippen LogP contribution in [-0.2, 0) is 0 Å². The van der Waals surface area contributed by atoms with Crippen molar-refractivity contribution in [3.8, 4) is 0 Å². The van der Waals surface area contributed by atoms with Crippen molar-refractivity contribution in [2.24, 2.45) is 0 Å². The number of nitrogens with two attached hydrogens (primary N) is 1. The number of carbonyl (C=O) groups is 1. The number of anilines is 2. The summed E-state index contributed by atoms with van der Waals surface area (Å²) in [5.41, 5.74) is 5.82. The summed E-state index contributed by atoms with van der Waals surface area (Å²) < 4.78 is 25.6. The highest BCUT2D eigenvalue weighted by Crippen LogP contribution is 2.29. The van der Waals surface area contributed by atoms with E-state index in [1.807, 2.05) is 0 Å². The van der Waals surface area contributed by atoms with Crippen LogP contribution in [0.15, 0.2) is 24.1 Å². The molecular formula is C17H24F2N4OS. The highest BCUT2D eigenvalue weighted by atomic mass is 32.1. The Kier molecular flexibility index (Phi) is 7.52. The summed E-state index contributed by atoms with van der Waals surface area (Å²) >= 11 is 1.17. The maximum atomic E-state index is 13.7. The monoisotopic (exact) mass is 370 g/mol. The quantitative estimate of drug-likeness (QED) is 0.541. The second-order valence-corrected chi connectivity index (χ2v) is 7.07. The number of aromatic nitrogens is 1. The number of hydrogen-bond donors (Lipinski definition) is 2. The first-order chi connectivity index (χ1) is 12.0. The lowest BCUT2D eigenvalue weighted by molar-refractivity contribution is 0.0991. The van der Waals surface area contributed by atoms with Crippen molar-refractivity contribution in [2.75, 3.05) is 37.9 Å². The number of carbonyl (C=O) groups excluding carboxylic acids is 1. The Hall–Kier alpha value is -1.80. The molecular weight excluding hydrogens is 346 g/mol. The van der Waals surface area contributed by atoms with Crippen LogP contribution in [0.5, 0.6) is 0 Å². The Bertz CT molecular complexity index is 637. The predicted molar refractivity (Wildman–Crippen MR) is 98.5 cm³/mol. The van der Waals surface area contributed by atoms with Crippen molar-refractivity contribution in [2.45, 2.75) is 31.7 Å². The number of hydrogen-bond acceptors (Lipinski definition) is 6. The molecule has 1 aromatic heterocycles. The summed E-state index contributed by atoms with van der Waals surface area (Å²) in [6.45, 7) is 1.44. The first kappa shape index (κ1) is 19.5. The third kappa shape index (κ3) is 6.21. The van der Waals surface area contributed by atoms with E-state index in [-0.39, 0.29) is 23.5 Å². The molecule has 0 saturated carbocycles. The molecule has 1 saturated heterocycles. The average Bonchev–Trinajstić information content (AvgIpc) is 2.94. The smallest absolute Gasteiger partial charge is 0.185 e. The van der Waals surface area contributed by atoms with E-state index < -0.39 is 18.3 Å². The molecule has 0 radical (unpaired) electrons. The van der Waals surface area contributed by atoms with Crippen LogP contribution >= 0.6 is 11.3 Å². The van der Waals surface area contributed by atoms with Gasteiger partial charge in [0.25, 0.3) is 0 Å². The van der Waals surface area contributed by atoms with Gasteiger partial charge >= 0.3 is 0 Å². The Balaban J connectivity index is 1.92. The van der Waals surface area contributed by atoms with Crippen molar-refractivity contribution in [3.63, 3.8) is 0 Å². The molecule has 1 aromatic rings. The largest absolute Gasteiger partial charge is 0.382 e. The summed E-state index contributed by atoms with van der Waals surface area (Å²) in [6, 6.07) is 0.309. The van der Waals surface area contributed by atoms with Crippen molar-refractivity contribution in [1.82, 2.24) is 9.88 Å². The maximum Gasteiger partial charge on any atom is 0.185 e. The number of likely N-dealkylation sites (tertiary alicyclic amines) is 1. The highest BCUT2D eigenvalue weighted by molar-refractivity contribution is 7.18. The Labute approximate surface area is 150 Å². The van der Waals surface area contributed by atoms with Gasteiger partial charge in [-0.1, -0.05) is 23.5 Å². The van der Waals surface area contributed by atoms with Crippen molar-refractivity contribution in [1.29, 1.82) is 0 Å². The van der Waals surface area contributed by atoms with E-state index in [1.165, 1.54) is 29.6 Å². The molecule has 1 aliphatic rings. The van der Waals surface area contributed by atoms with Crippen molar-refractivity contribution < 1.29 is 13.6 Å². The van der Waals surface area contributed by atoms with Crippen LogP contribution < -0.4 is 11.1 Å². The second kappa shape index (κ2) is 9.62. The van der Waals surface area contributed by atoms with E-state index in [4.69, 9.17) is 5.73 Å². The molecule has 3 N–H and O–H groups in total. The molecule has 2 heterocycles. The third-order valence-corrected chi connectivity index (χ3v) is 5.06. The Morgan fingerprint density at radius 1 is 1.44 bits per heavy atom. The van der Waals surface area contributed by atoms with Crippen LogP contribution in [0.2, 0.25) is 0 Å². The van der Waals surface area contributed by atoms with Crippen LogP contribution in [0.1, 0.15) is 35.4 Å². The van der Waals surface area contributed by atoms with Gasteiger partial charge < -0.3 is 16.0 Å². The molecule has 0 atom stereocenters. The van der Waals surface area contributed by atoms with Gasteiger partial charge in [-0.2, -0.15) is 0 Å². The zero-order valence-corrected chi connectivity index (χ0v) is 15.1. The van der Waals surface area contributed by atoms with Crippen molar-refractivity contribution >= 4 is 28.1 Å². The third-order valence-electron chi connectivity index (χ3n) is 4.01. The molecule has 8 heteroatoms. The van der Waals surface area contributed by atoms with Gasteiger partial charge in [-0.05, 0) is 45.5 Å². The lowest BCUT2D eigenvalue weighted by Gasteiger charge is -2.29. The lowest BCUT2D eigenvalue weighted by atomic mass is 10.1. The van der Waals surface area contributed by atoms with E-state index in [0.717, 1.165) is 25.9 Å². The summed E-state index contributed by atoms with van der Waals surface area (Å²) in [4.78, 5) is 18.9. The first-order valence-electron chi connectivity index (χ1n) is 8.29. The zero-order valence-electron chi connectivity index (χ0n) is 14.3. The standard InChI is InChI=1S/C17H24F2N4OS/c1-23-9-6-13(7-10-23)21-17-22-16(20)15(25-17)14(24)11-12(19)5-3-2-4-8-18/h2,4-5,13H,3,6-11,20H2,1H3,(H,21,22)/b4-2-,12-5+. The fraction of sp³-hybridized carbons (Fsp3) is 0.529. The normalized spacial score (nSPS) is 17.3. The fourth-order valence-corrected chi connectivity index (χ4v) is 3.48. The van der Waals surface area contributed by atoms with E-state index >= 15 is 0 Å². The molecule has 138 valence electrons. The van der Waals surface area contributed by atoms with Gasteiger partial charge in [-0.15, -0.1) is 0 Å². The van der Waals surface area contributed by atoms with E-state index in [0.29, 0.717) is 11.2 Å². The minimum Gasteiger partial charge on any atom is -0.382 e. The molecule has 0 bridgehead atoms. The second-order valence-electron chi connectivity index (χ2n) is 6.07. The number of Topliss-reactive ketones (excluding diaryl/α,β-unsaturated/α-hetero) is 1. The van der Waals surface area contributed by atoms with E-state index in [2.05, 4.69) is 22.2 Å². The molecule has 0 unspecified atom stereocenters. The molecule has 0 aliphatic carbocycles. The lowest BCUT2D eigenvalue weighted by Crippen LogP contribution is -2.36. The maximum absolute atomic E-state index is 13.7. The average molecular weight is 370 g/mol. The highest BCUT2D eigenvalue weighted by Gasteiger charge is 2.21. The van der Waals surface area contributed by atoms with Crippen LogP contribution in [0.3, 0.4) is 0 Å². The van der Waals surface area contributed by atoms with Crippen LogP contribution in [0.25, 0.3) is 0 Å². The number of allylic oxidation sites excluding steroid dienone is 4. The van der Waals surface area contributed by atoms with Gasteiger partial charge in [0.05, 0.1) is 6.42 Å². The topological polar surface area (TPSA) is 71.2 Å². The van der Waals surface area contributed by atoms with Gasteiger partial charge in [-0.3, -0.25) is 4.79 Å². The minimum atomic E-state index is -0.584. The summed E-state index contributed by atoms with van der Waals surface area (Å²) in [7, 11) is 2.09. The first-order valence-corrected chi connectivity index (χ1v) is 9.11. The fourth-order valence-electron chi connectivity index (χ4n) is 2.58. The van der Waals surface area contributed by atoms with Crippen LogP contribution in [0, 0.1) is 0 Å². The molecule has 1 fully saturated rings. The number of rotatable bonds is 8. The summed E-state index contributed by atoms with van der Waals surface area (Å²) in [5, 5.41) is 3.92. The van der Waals surface area contributed by atoms with E-state index in [9.17, 15) is 13.6 Å². The molecule has 25 heavy (non-hydrogen) atoms. The van der Waals surface area contributed by atoms with E-state index in [1.54, 1.807) is 0 Å². The zero-order chi connectivity index (χ0) is 18.2. The van der Waals surface area contributed by atoms with Crippen LogP contribution in [0.4, 0.5) is 19.7 Å². The number of nitrogen functional groups attached to an aromatic ring is 1. The number of halogens is 2. The Morgan fingerprint density at radius 3 is 2.84 bits per heavy atom. The van der Waals surface area contributed by atoms with Gasteiger partial charge in [0, 0.05) is 6.04 Å². The summed E-state index contributed by atoms with van der Waals surface area (Å²) in [5.74, 6) is -0.809. The Morgan fingerprint density at radius 2 is 2.16 bits per heavy atom. The predicted octanol–water partition coefficient (Wildman–Crippen LogP) is 3.57. The van der Waals surface area contributed by atoms with Gasteiger partial charge in [0.15, 0.2) is 10.9 Å². The van der Waals surface area contributed by atoms with Gasteiger partial charge in [0.1, 0.15) is 23.2 Å². The van der Waals surface area contributed by atoms with Gasteiger partial charge in [0.2, 0.25) is 0 Å².